The molecule has 0 aromatic heterocycles. The van der Waals surface area contributed by atoms with Crippen molar-refractivity contribution in [2.45, 2.75) is 19.4 Å². The maximum atomic E-state index is 11.5. The van der Waals surface area contributed by atoms with E-state index in [1.54, 1.807) is 14.0 Å². The Balaban J connectivity index is 2.26. The van der Waals surface area contributed by atoms with E-state index in [4.69, 9.17) is 17.7 Å². The fourth-order valence-electron chi connectivity index (χ4n) is 2.88. The zero-order chi connectivity index (χ0) is 21.3. The van der Waals surface area contributed by atoms with Gasteiger partial charge in [0.1, 0.15) is 0 Å². The van der Waals surface area contributed by atoms with E-state index >= 15 is 0 Å². The smallest absolute Gasteiger partial charge is 0.462 e. The summed E-state index contributed by atoms with van der Waals surface area (Å²) in [5.41, 5.74) is 0.333. The Morgan fingerprint density at radius 2 is 1.48 bits per heavy atom. The minimum Gasteiger partial charge on any atom is -0.462 e. The third-order valence-corrected chi connectivity index (χ3v) is 11.2. The third-order valence-electron chi connectivity index (χ3n) is 4.44. The molecule has 0 bridgehead atoms. The first kappa shape index (κ1) is 23.2. The van der Waals surface area contributed by atoms with E-state index in [2.05, 4.69) is 6.58 Å². The first-order chi connectivity index (χ1) is 13.9. The fraction of sp³-hybridized carbons (Fsp3) is 0.286. The second-order valence-corrected chi connectivity index (χ2v) is 12.5. The average molecular weight is 433 g/mol. The van der Waals surface area contributed by atoms with Gasteiger partial charge in [-0.15, -0.1) is 0 Å². The topological polar surface area (TPSA) is 74.2 Å². The van der Waals surface area contributed by atoms with Gasteiger partial charge in [0.15, 0.2) is 0 Å². The van der Waals surface area contributed by atoms with Crippen LogP contribution in [0.25, 0.3) is 0 Å². The first-order valence-corrected chi connectivity index (χ1v) is 13.1. The van der Waals surface area contributed by atoms with Gasteiger partial charge in [-0.3, -0.25) is 0 Å². The van der Waals surface area contributed by atoms with Gasteiger partial charge in [-0.05, 0) is 23.7 Å². The number of carbonyl (C=O) groups excluding carboxylic acids is 1. The molecule has 0 aliphatic heterocycles. The minimum absolute atomic E-state index is 0.145. The molecule has 8 heteroatoms. The van der Waals surface area contributed by atoms with Crippen LogP contribution in [0.4, 0.5) is 0 Å². The zero-order valence-corrected chi connectivity index (χ0v) is 19.1. The Kier molecular flexibility index (Phi) is 8.51. The maximum absolute atomic E-state index is 11.5. The van der Waals surface area contributed by atoms with Crippen LogP contribution in [0, 0.1) is 0 Å². The van der Waals surface area contributed by atoms with Gasteiger partial charge >= 0.3 is 23.3 Å². The largest absolute Gasteiger partial charge is 0.489 e. The molecule has 1 unspecified atom stereocenters. The predicted molar refractivity (Wildman–Crippen MR) is 116 cm³/mol. The highest BCUT2D eigenvalue weighted by Gasteiger charge is 2.51. The van der Waals surface area contributed by atoms with Crippen LogP contribution in [0.2, 0.25) is 6.04 Å². The molecular weight excluding hydrogens is 404 g/mol. The number of rotatable bonds is 11. The minimum atomic E-state index is -3.62. The molecule has 2 aromatic rings. The number of esters is 1. The van der Waals surface area contributed by atoms with Crippen molar-refractivity contribution >= 4 is 33.7 Å². The van der Waals surface area contributed by atoms with E-state index in [0.29, 0.717) is 12.0 Å². The SMILES string of the molecule is C=C(C)C(=O)OCCC[Si](O)(OC)O[Si](OC)(c1ccccc1)c1ccccc1. The molecule has 1 atom stereocenters. The summed E-state index contributed by atoms with van der Waals surface area (Å²) >= 11 is 0. The lowest BCUT2D eigenvalue weighted by Crippen LogP contribution is -2.68. The summed E-state index contributed by atoms with van der Waals surface area (Å²) in [4.78, 5) is 22.7. The summed E-state index contributed by atoms with van der Waals surface area (Å²) in [6, 6.07) is 19.4. The molecule has 0 radical (unpaired) electrons. The Morgan fingerprint density at radius 3 is 1.90 bits per heavy atom. The van der Waals surface area contributed by atoms with Crippen molar-refractivity contribution in [3.05, 3.63) is 72.8 Å². The standard InChI is InChI=1S/C21H28O6Si2/c1-18(2)21(22)26-16-11-17-28(23,24-3)27-29(25-4,19-12-7-5-8-13-19)20-14-9-6-10-15-20/h5-10,12-15,23H,1,11,16-17H2,2-4H3. The number of hydrogen-bond acceptors (Lipinski definition) is 6. The van der Waals surface area contributed by atoms with Crippen LogP contribution >= 0.6 is 0 Å². The highest BCUT2D eigenvalue weighted by molar-refractivity contribution is 6.96. The summed E-state index contributed by atoms with van der Waals surface area (Å²) in [7, 11) is -3.82. The van der Waals surface area contributed by atoms with Crippen molar-refractivity contribution < 1.29 is 27.3 Å². The van der Waals surface area contributed by atoms with Crippen LogP contribution in [-0.4, -0.2) is 49.0 Å². The molecule has 2 aromatic carbocycles. The Labute approximate surface area is 174 Å². The molecule has 0 saturated heterocycles. The number of benzene rings is 2. The zero-order valence-electron chi connectivity index (χ0n) is 17.1. The van der Waals surface area contributed by atoms with Crippen LogP contribution in [0.5, 0.6) is 0 Å². The van der Waals surface area contributed by atoms with E-state index in [-0.39, 0.29) is 12.7 Å². The van der Waals surface area contributed by atoms with Crippen molar-refractivity contribution in [1.29, 1.82) is 0 Å². The normalized spacial score (nSPS) is 13.5. The maximum Gasteiger partial charge on any atom is 0.489 e. The Hall–Kier alpha value is -2.08. The van der Waals surface area contributed by atoms with Crippen molar-refractivity contribution in [2.24, 2.45) is 0 Å². The van der Waals surface area contributed by atoms with Crippen LogP contribution in [0.3, 0.4) is 0 Å². The Morgan fingerprint density at radius 1 is 0.966 bits per heavy atom. The van der Waals surface area contributed by atoms with Crippen LogP contribution in [0.15, 0.2) is 72.8 Å². The number of ether oxygens (including phenoxy) is 1. The van der Waals surface area contributed by atoms with Crippen molar-refractivity contribution in [3.63, 3.8) is 0 Å². The molecule has 0 fully saturated rings. The molecule has 1 N–H and O–H groups in total. The van der Waals surface area contributed by atoms with Gasteiger partial charge in [-0.25, -0.2) is 4.79 Å². The number of carbonyl (C=O) groups is 1. The third kappa shape index (κ3) is 5.95. The van der Waals surface area contributed by atoms with Gasteiger partial charge in [0.25, 0.3) is 0 Å². The van der Waals surface area contributed by atoms with Gasteiger partial charge < -0.3 is 22.5 Å². The van der Waals surface area contributed by atoms with Gasteiger partial charge in [-0.2, -0.15) is 0 Å². The molecule has 0 heterocycles. The lowest BCUT2D eigenvalue weighted by molar-refractivity contribution is -0.139. The van der Waals surface area contributed by atoms with E-state index in [1.165, 1.54) is 7.11 Å². The summed E-state index contributed by atoms with van der Waals surface area (Å²) in [5.74, 6) is -0.456. The molecule has 0 aliphatic carbocycles. The molecule has 29 heavy (non-hydrogen) atoms. The summed E-state index contributed by atoms with van der Waals surface area (Å²) in [6.07, 6.45) is 0.396. The lowest BCUT2D eigenvalue weighted by Gasteiger charge is -2.36. The van der Waals surface area contributed by atoms with Gasteiger partial charge in [-0.1, -0.05) is 67.2 Å². The molecular formula is C21H28O6Si2. The van der Waals surface area contributed by atoms with Crippen LogP contribution in [-0.2, 0) is 22.5 Å². The summed E-state index contributed by atoms with van der Waals surface area (Å²) in [6.45, 7) is 5.28. The van der Waals surface area contributed by atoms with Gasteiger partial charge in [0.05, 0.1) is 6.61 Å². The quantitative estimate of drug-likeness (QED) is 0.253. The van der Waals surface area contributed by atoms with E-state index in [0.717, 1.165) is 10.4 Å². The van der Waals surface area contributed by atoms with Crippen molar-refractivity contribution in [3.8, 4) is 0 Å². The molecule has 0 saturated carbocycles. The lowest BCUT2D eigenvalue weighted by atomic mass is 10.4. The summed E-state index contributed by atoms with van der Waals surface area (Å²) < 4.78 is 23.0. The Bertz CT molecular complexity index is 760. The van der Waals surface area contributed by atoms with Crippen LogP contribution < -0.4 is 10.4 Å². The van der Waals surface area contributed by atoms with Gasteiger partial charge in [0.2, 0.25) is 0 Å². The van der Waals surface area contributed by atoms with E-state index < -0.39 is 23.3 Å². The van der Waals surface area contributed by atoms with E-state index in [9.17, 15) is 9.59 Å². The molecule has 156 valence electrons. The molecule has 0 amide bonds. The number of hydrogen-bond donors (Lipinski definition) is 1. The fourth-order valence-corrected chi connectivity index (χ4v) is 9.56. The molecule has 0 aliphatic rings. The van der Waals surface area contributed by atoms with Crippen molar-refractivity contribution in [2.75, 3.05) is 20.8 Å². The van der Waals surface area contributed by atoms with E-state index in [1.807, 2.05) is 60.7 Å². The second kappa shape index (κ2) is 10.6. The van der Waals surface area contributed by atoms with Crippen molar-refractivity contribution in [1.82, 2.24) is 0 Å². The second-order valence-electron chi connectivity index (χ2n) is 6.59. The highest BCUT2D eigenvalue weighted by atomic mass is 28.5. The molecule has 2 rings (SSSR count). The first-order valence-electron chi connectivity index (χ1n) is 9.33. The highest BCUT2D eigenvalue weighted by Crippen LogP contribution is 2.20. The average Bonchev–Trinajstić information content (AvgIpc) is 2.76. The predicted octanol–water partition coefficient (Wildman–Crippen LogP) is 1.99. The van der Waals surface area contributed by atoms with Crippen LogP contribution in [0.1, 0.15) is 13.3 Å². The molecule has 0 spiro atoms. The molecule has 6 nitrogen and oxygen atoms in total. The summed E-state index contributed by atoms with van der Waals surface area (Å²) in [5, 5.41) is 1.73. The monoisotopic (exact) mass is 432 g/mol. The van der Waals surface area contributed by atoms with Gasteiger partial charge in [0, 0.05) is 25.8 Å².